The van der Waals surface area contributed by atoms with E-state index < -0.39 is 0 Å². The van der Waals surface area contributed by atoms with Crippen LogP contribution in [0.3, 0.4) is 0 Å². The number of nitrogens with one attached hydrogen (secondary N) is 1. The number of hydrogen-bond donors (Lipinski definition) is 1. The molecule has 3 aromatic rings. The van der Waals surface area contributed by atoms with E-state index in [1.165, 1.54) is 11.3 Å². The highest BCUT2D eigenvalue weighted by Crippen LogP contribution is 2.27. The SMILES string of the molecule is CSc1ccc(N2CC(C(=O)NCc3nc(-c4ccccc4)cs3)CC2=O)cc1. The van der Waals surface area contributed by atoms with E-state index in [1.54, 1.807) is 16.7 Å². The number of carbonyl (C=O) groups excluding carboxylic acids is 2. The van der Waals surface area contributed by atoms with Gasteiger partial charge in [0, 0.05) is 34.5 Å². The first-order chi connectivity index (χ1) is 14.1. The van der Waals surface area contributed by atoms with Crippen LogP contribution >= 0.6 is 23.1 Å². The third kappa shape index (κ3) is 4.52. The van der Waals surface area contributed by atoms with Crippen LogP contribution in [0.4, 0.5) is 5.69 Å². The van der Waals surface area contributed by atoms with Gasteiger partial charge in [0.05, 0.1) is 18.2 Å². The zero-order chi connectivity index (χ0) is 20.2. The van der Waals surface area contributed by atoms with E-state index in [0.717, 1.165) is 26.8 Å². The minimum absolute atomic E-state index is 0.0114. The molecule has 0 aliphatic carbocycles. The van der Waals surface area contributed by atoms with E-state index in [9.17, 15) is 9.59 Å². The molecular weight excluding hydrogens is 402 g/mol. The topological polar surface area (TPSA) is 62.3 Å². The largest absolute Gasteiger partial charge is 0.349 e. The maximum atomic E-state index is 12.6. The van der Waals surface area contributed by atoms with Crippen LogP contribution in [-0.4, -0.2) is 29.6 Å². The number of aromatic nitrogens is 1. The summed E-state index contributed by atoms with van der Waals surface area (Å²) in [6, 6.07) is 17.8. The molecule has 1 aliphatic rings. The summed E-state index contributed by atoms with van der Waals surface area (Å²) in [6.07, 6.45) is 2.25. The zero-order valence-corrected chi connectivity index (χ0v) is 17.6. The number of thioether (sulfide) groups is 1. The first kappa shape index (κ1) is 19.7. The van der Waals surface area contributed by atoms with E-state index in [1.807, 2.05) is 66.2 Å². The Balaban J connectivity index is 1.34. The Morgan fingerprint density at radius 3 is 2.69 bits per heavy atom. The number of thiazole rings is 1. The Morgan fingerprint density at radius 2 is 1.97 bits per heavy atom. The normalized spacial score (nSPS) is 16.2. The third-order valence-corrected chi connectivity index (χ3v) is 6.51. The minimum Gasteiger partial charge on any atom is -0.349 e. The molecule has 2 amide bonds. The van der Waals surface area contributed by atoms with Crippen molar-refractivity contribution in [2.24, 2.45) is 5.92 Å². The second kappa shape index (κ2) is 8.80. The van der Waals surface area contributed by atoms with E-state index in [-0.39, 0.29) is 24.2 Å². The molecule has 0 bridgehead atoms. The van der Waals surface area contributed by atoms with Gasteiger partial charge in [0.1, 0.15) is 5.01 Å². The average molecular weight is 424 g/mol. The van der Waals surface area contributed by atoms with Crippen LogP contribution in [0.2, 0.25) is 0 Å². The van der Waals surface area contributed by atoms with Gasteiger partial charge in [0.2, 0.25) is 11.8 Å². The predicted molar refractivity (Wildman–Crippen MR) is 118 cm³/mol. The lowest BCUT2D eigenvalue weighted by Crippen LogP contribution is -2.32. The van der Waals surface area contributed by atoms with E-state index in [4.69, 9.17) is 0 Å². The molecule has 1 unspecified atom stereocenters. The Labute approximate surface area is 178 Å². The highest BCUT2D eigenvalue weighted by atomic mass is 32.2. The number of benzene rings is 2. The van der Waals surface area contributed by atoms with Crippen molar-refractivity contribution >= 4 is 40.6 Å². The molecule has 0 saturated carbocycles. The summed E-state index contributed by atoms with van der Waals surface area (Å²) in [5, 5.41) is 5.79. The molecule has 0 radical (unpaired) electrons. The molecule has 1 fully saturated rings. The Morgan fingerprint density at radius 1 is 1.21 bits per heavy atom. The molecular formula is C22H21N3O2S2. The van der Waals surface area contributed by atoms with Crippen molar-refractivity contribution in [2.45, 2.75) is 17.9 Å². The standard InChI is InChI=1S/C22H21N3O2S2/c1-28-18-9-7-17(8-10-18)25-13-16(11-21(25)26)22(27)23-12-20-24-19(14-29-20)15-5-3-2-4-6-15/h2-10,14,16H,11-13H2,1H3,(H,23,27). The van der Waals surface area contributed by atoms with Gasteiger partial charge in [-0.25, -0.2) is 4.98 Å². The van der Waals surface area contributed by atoms with Gasteiger partial charge in [-0.1, -0.05) is 30.3 Å². The smallest absolute Gasteiger partial charge is 0.227 e. The van der Waals surface area contributed by atoms with Crippen molar-refractivity contribution < 1.29 is 9.59 Å². The zero-order valence-electron chi connectivity index (χ0n) is 16.0. The van der Waals surface area contributed by atoms with Crippen LogP contribution in [0.5, 0.6) is 0 Å². The maximum absolute atomic E-state index is 12.6. The van der Waals surface area contributed by atoms with Crippen molar-refractivity contribution in [3.05, 3.63) is 65.0 Å². The summed E-state index contributed by atoms with van der Waals surface area (Å²) in [7, 11) is 0. The molecule has 2 aromatic carbocycles. The van der Waals surface area contributed by atoms with Crippen LogP contribution < -0.4 is 10.2 Å². The van der Waals surface area contributed by atoms with Crippen molar-refractivity contribution in [1.29, 1.82) is 0 Å². The summed E-state index contributed by atoms with van der Waals surface area (Å²) >= 11 is 3.18. The summed E-state index contributed by atoms with van der Waals surface area (Å²) < 4.78 is 0. The molecule has 4 rings (SSSR count). The molecule has 29 heavy (non-hydrogen) atoms. The molecule has 7 heteroatoms. The van der Waals surface area contributed by atoms with Crippen LogP contribution in [0.1, 0.15) is 11.4 Å². The van der Waals surface area contributed by atoms with Crippen molar-refractivity contribution in [2.75, 3.05) is 17.7 Å². The monoisotopic (exact) mass is 423 g/mol. The summed E-state index contributed by atoms with van der Waals surface area (Å²) in [6.45, 7) is 0.792. The van der Waals surface area contributed by atoms with Crippen molar-refractivity contribution in [3.8, 4) is 11.3 Å². The van der Waals surface area contributed by atoms with Gasteiger partial charge in [0.25, 0.3) is 0 Å². The lowest BCUT2D eigenvalue weighted by atomic mass is 10.1. The lowest BCUT2D eigenvalue weighted by molar-refractivity contribution is -0.126. The average Bonchev–Trinajstić information content (AvgIpc) is 3.40. The number of rotatable bonds is 6. The van der Waals surface area contributed by atoms with Crippen LogP contribution in [-0.2, 0) is 16.1 Å². The third-order valence-electron chi connectivity index (χ3n) is 4.92. The predicted octanol–water partition coefficient (Wildman–Crippen LogP) is 4.20. The first-order valence-electron chi connectivity index (χ1n) is 9.36. The Bertz CT molecular complexity index is 1000. The van der Waals surface area contributed by atoms with E-state index in [0.29, 0.717) is 13.1 Å². The van der Waals surface area contributed by atoms with E-state index >= 15 is 0 Å². The number of amides is 2. The first-order valence-corrected chi connectivity index (χ1v) is 11.5. The Kier molecular flexibility index (Phi) is 5.97. The maximum Gasteiger partial charge on any atom is 0.227 e. The second-order valence-corrected chi connectivity index (χ2v) is 8.64. The molecule has 1 saturated heterocycles. The molecule has 1 aromatic heterocycles. The minimum atomic E-state index is -0.337. The highest BCUT2D eigenvalue weighted by molar-refractivity contribution is 7.98. The number of anilines is 1. The Hall–Kier alpha value is -2.64. The van der Waals surface area contributed by atoms with Crippen molar-refractivity contribution in [1.82, 2.24) is 10.3 Å². The summed E-state index contributed by atoms with van der Waals surface area (Å²) in [5.41, 5.74) is 2.82. The lowest BCUT2D eigenvalue weighted by Gasteiger charge is -2.17. The van der Waals surface area contributed by atoms with Gasteiger partial charge in [-0.2, -0.15) is 0 Å². The molecule has 0 spiro atoms. The fourth-order valence-corrected chi connectivity index (χ4v) is 4.49. The quantitative estimate of drug-likeness (QED) is 0.604. The van der Waals surface area contributed by atoms with Gasteiger partial charge in [0.15, 0.2) is 0 Å². The molecule has 148 valence electrons. The van der Waals surface area contributed by atoms with Gasteiger partial charge >= 0.3 is 0 Å². The van der Waals surface area contributed by atoms with Crippen LogP contribution in [0, 0.1) is 5.92 Å². The molecule has 1 aliphatic heterocycles. The van der Waals surface area contributed by atoms with Gasteiger partial charge in [-0.3, -0.25) is 9.59 Å². The van der Waals surface area contributed by atoms with Crippen LogP contribution in [0.15, 0.2) is 64.9 Å². The molecule has 5 nitrogen and oxygen atoms in total. The van der Waals surface area contributed by atoms with Gasteiger partial charge in [-0.05, 0) is 30.5 Å². The summed E-state index contributed by atoms with van der Waals surface area (Å²) in [5.74, 6) is -0.447. The highest BCUT2D eigenvalue weighted by Gasteiger charge is 2.35. The fourth-order valence-electron chi connectivity index (χ4n) is 3.34. The van der Waals surface area contributed by atoms with Gasteiger partial charge in [-0.15, -0.1) is 23.1 Å². The number of carbonyl (C=O) groups is 2. The number of nitrogens with zero attached hydrogens (tertiary/aromatic N) is 2. The van der Waals surface area contributed by atoms with Gasteiger partial charge < -0.3 is 10.2 Å². The fraction of sp³-hybridized carbons (Fsp3) is 0.227. The molecule has 1 atom stereocenters. The summed E-state index contributed by atoms with van der Waals surface area (Å²) in [4.78, 5) is 32.5. The van der Waals surface area contributed by atoms with Crippen molar-refractivity contribution in [3.63, 3.8) is 0 Å². The molecule has 2 heterocycles. The van der Waals surface area contributed by atoms with E-state index in [2.05, 4.69) is 10.3 Å². The number of hydrogen-bond acceptors (Lipinski definition) is 5. The van der Waals surface area contributed by atoms with Crippen LogP contribution in [0.25, 0.3) is 11.3 Å². The molecule has 1 N–H and O–H groups in total. The second-order valence-electron chi connectivity index (χ2n) is 6.81.